The molecule has 1 aliphatic rings. The number of likely N-dealkylation sites (N-methyl/N-ethyl adjacent to an activating group) is 1. The maximum Gasteiger partial charge on any atom is 0.0170 e. The molecule has 1 saturated heterocycles. The molecule has 0 aromatic carbocycles. The first-order chi connectivity index (χ1) is 7.29. The van der Waals surface area contributed by atoms with Crippen LogP contribution in [0.3, 0.4) is 0 Å². The summed E-state index contributed by atoms with van der Waals surface area (Å²) in [6.45, 7) is 11.5. The molecule has 0 aromatic heterocycles. The van der Waals surface area contributed by atoms with Crippen molar-refractivity contribution >= 4 is 0 Å². The molecule has 1 rings (SSSR count). The van der Waals surface area contributed by atoms with Gasteiger partial charge in [0.25, 0.3) is 0 Å². The summed E-state index contributed by atoms with van der Waals surface area (Å²) >= 11 is 0. The highest BCUT2D eigenvalue weighted by molar-refractivity contribution is 5.00. The van der Waals surface area contributed by atoms with E-state index in [9.17, 15) is 0 Å². The van der Waals surface area contributed by atoms with E-state index in [1.54, 1.807) is 0 Å². The van der Waals surface area contributed by atoms with Gasteiger partial charge < -0.3 is 10.6 Å². The van der Waals surface area contributed by atoms with Crippen LogP contribution in [0.15, 0.2) is 0 Å². The molecule has 0 atom stereocenters. The standard InChI is InChI=1S/C13H29N3/c1-12(2)9-11(15-8-7-14-5)10-13(3,4)16(12)6/h11,14-15H,7-10H2,1-6H3. The van der Waals surface area contributed by atoms with Crippen molar-refractivity contribution in [3.63, 3.8) is 0 Å². The number of likely N-dealkylation sites (tertiary alicyclic amines) is 1. The zero-order valence-electron chi connectivity index (χ0n) is 11.9. The Labute approximate surface area is 101 Å². The highest BCUT2D eigenvalue weighted by Crippen LogP contribution is 2.36. The molecular weight excluding hydrogens is 198 g/mol. The second-order valence-corrected chi connectivity index (χ2v) is 6.35. The zero-order valence-corrected chi connectivity index (χ0v) is 11.9. The van der Waals surface area contributed by atoms with Crippen LogP contribution in [-0.2, 0) is 0 Å². The summed E-state index contributed by atoms with van der Waals surface area (Å²) in [6.07, 6.45) is 2.47. The summed E-state index contributed by atoms with van der Waals surface area (Å²) in [5.74, 6) is 0. The van der Waals surface area contributed by atoms with Crippen molar-refractivity contribution in [2.45, 2.75) is 57.7 Å². The second-order valence-electron chi connectivity index (χ2n) is 6.35. The Morgan fingerprint density at radius 1 is 1.06 bits per heavy atom. The van der Waals surface area contributed by atoms with Gasteiger partial charge in [0.15, 0.2) is 0 Å². The molecule has 0 radical (unpaired) electrons. The first-order valence-corrected chi connectivity index (χ1v) is 6.41. The molecule has 3 heteroatoms. The maximum absolute atomic E-state index is 3.67. The fraction of sp³-hybridized carbons (Fsp3) is 1.00. The van der Waals surface area contributed by atoms with Crippen LogP contribution in [0.25, 0.3) is 0 Å². The van der Waals surface area contributed by atoms with Crippen LogP contribution >= 0.6 is 0 Å². The van der Waals surface area contributed by atoms with Crippen molar-refractivity contribution < 1.29 is 0 Å². The van der Waals surface area contributed by atoms with E-state index in [-0.39, 0.29) is 0 Å². The van der Waals surface area contributed by atoms with Gasteiger partial charge in [0, 0.05) is 30.2 Å². The molecule has 0 saturated carbocycles. The van der Waals surface area contributed by atoms with Crippen LogP contribution in [0.2, 0.25) is 0 Å². The molecule has 0 bridgehead atoms. The molecular formula is C13H29N3. The van der Waals surface area contributed by atoms with Crippen LogP contribution in [0.1, 0.15) is 40.5 Å². The summed E-state index contributed by atoms with van der Waals surface area (Å²) in [4.78, 5) is 2.52. The summed E-state index contributed by atoms with van der Waals surface area (Å²) in [5, 5.41) is 6.85. The van der Waals surface area contributed by atoms with E-state index in [0.29, 0.717) is 17.1 Å². The van der Waals surface area contributed by atoms with Gasteiger partial charge in [0.1, 0.15) is 0 Å². The van der Waals surface area contributed by atoms with Gasteiger partial charge in [-0.05, 0) is 54.6 Å². The van der Waals surface area contributed by atoms with Gasteiger partial charge in [-0.25, -0.2) is 0 Å². The Bertz CT molecular complexity index is 205. The number of hydrogen-bond donors (Lipinski definition) is 2. The molecule has 16 heavy (non-hydrogen) atoms. The van der Waals surface area contributed by atoms with Crippen LogP contribution in [-0.4, -0.2) is 49.2 Å². The van der Waals surface area contributed by atoms with Crippen LogP contribution < -0.4 is 10.6 Å². The summed E-state index contributed by atoms with van der Waals surface area (Å²) in [7, 11) is 4.26. The molecule has 0 unspecified atom stereocenters. The van der Waals surface area contributed by atoms with Gasteiger partial charge in [-0.2, -0.15) is 0 Å². The first-order valence-electron chi connectivity index (χ1n) is 6.41. The maximum atomic E-state index is 3.67. The van der Waals surface area contributed by atoms with E-state index in [4.69, 9.17) is 0 Å². The third kappa shape index (κ3) is 3.19. The molecule has 2 N–H and O–H groups in total. The fourth-order valence-corrected chi connectivity index (χ4v) is 2.92. The minimum absolute atomic E-state index is 0.291. The van der Waals surface area contributed by atoms with E-state index in [1.165, 1.54) is 12.8 Å². The van der Waals surface area contributed by atoms with Crippen molar-refractivity contribution in [2.75, 3.05) is 27.2 Å². The van der Waals surface area contributed by atoms with Gasteiger partial charge in [-0.1, -0.05) is 0 Å². The van der Waals surface area contributed by atoms with Gasteiger partial charge in [-0.3, -0.25) is 4.90 Å². The second kappa shape index (κ2) is 5.03. The van der Waals surface area contributed by atoms with Crippen LogP contribution in [0.5, 0.6) is 0 Å². The SMILES string of the molecule is CNCCNC1CC(C)(C)N(C)C(C)(C)C1. The van der Waals surface area contributed by atoms with Gasteiger partial charge >= 0.3 is 0 Å². The van der Waals surface area contributed by atoms with Crippen LogP contribution in [0, 0.1) is 0 Å². The monoisotopic (exact) mass is 227 g/mol. The van der Waals surface area contributed by atoms with E-state index in [0.717, 1.165) is 13.1 Å². The van der Waals surface area contributed by atoms with Gasteiger partial charge in [0.05, 0.1) is 0 Å². The average molecular weight is 227 g/mol. The fourth-order valence-electron chi connectivity index (χ4n) is 2.92. The van der Waals surface area contributed by atoms with Crippen molar-refractivity contribution in [2.24, 2.45) is 0 Å². The smallest absolute Gasteiger partial charge is 0.0170 e. The largest absolute Gasteiger partial charge is 0.318 e. The average Bonchev–Trinajstić information content (AvgIpc) is 2.14. The lowest BCUT2D eigenvalue weighted by atomic mass is 9.77. The Hall–Kier alpha value is -0.120. The van der Waals surface area contributed by atoms with E-state index < -0.39 is 0 Å². The number of nitrogens with one attached hydrogen (secondary N) is 2. The first kappa shape index (κ1) is 13.9. The topological polar surface area (TPSA) is 27.3 Å². The Morgan fingerprint density at radius 2 is 1.56 bits per heavy atom. The van der Waals surface area contributed by atoms with E-state index in [1.807, 2.05) is 7.05 Å². The lowest BCUT2D eigenvalue weighted by molar-refractivity contribution is -0.0178. The van der Waals surface area contributed by atoms with Gasteiger partial charge in [-0.15, -0.1) is 0 Å². The Morgan fingerprint density at radius 3 is 2.00 bits per heavy atom. The van der Waals surface area contributed by atoms with Crippen molar-refractivity contribution in [1.82, 2.24) is 15.5 Å². The minimum atomic E-state index is 0.291. The molecule has 0 aliphatic carbocycles. The van der Waals surface area contributed by atoms with E-state index >= 15 is 0 Å². The summed E-state index contributed by atoms with van der Waals surface area (Å²) in [5.41, 5.74) is 0.581. The lowest BCUT2D eigenvalue weighted by Gasteiger charge is -2.53. The van der Waals surface area contributed by atoms with E-state index in [2.05, 4.69) is 50.3 Å². The highest BCUT2D eigenvalue weighted by atomic mass is 15.2. The predicted octanol–water partition coefficient (Wildman–Crippen LogP) is 1.45. The minimum Gasteiger partial charge on any atom is -0.318 e. The van der Waals surface area contributed by atoms with Crippen molar-refractivity contribution in [3.8, 4) is 0 Å². The van der Waals surface area contributed by atoms with Crippen molar-refractivity contribution in [3.05, 3.63) is 0 Å². The molecule has 1 aliphatic heterocycles. The Kier molecular flexibility index (Phi) is 4.38. The van der Waals surface area contributed by atoms with Crippen molar-refractivity contribution in [1.29, 1.82) is 0 Å². The number of rotatable bonds is 4. The Balaban J connectivity index is 2.57. The van der Waals surface area contributed by atoms with Gasteiger partial charge in [0.2, 0.25) is 0 Å². The third-order valence-corrected chi connectivity index (χ3v) is 4.12. The lowest BCUT2D eigenvalue weighted by Crippen LogP contribution is -2.62. The molecule has 1 fully saturated rings. The number of hydrogen-bond acceptors (Lipinski definition) is 3. The summed E-state index contributed by atoms with van der Waals surface area (Å²) < 4.78 is 0. The molecule has 96 valence electrons. The molecule has 0 amide bonds. The quantitative estimate of drug-likeness (QED) is 0.712. The number of nitrogens with zero attached hydrogens (tertiary/aromatic N) is 1. The molecule has 3 nitrogen and oxygen atoms in total. The molecule has 0 aromatic rings. The third-order valence-electron chi connectivity index (χ3n) is 4.12. The zero-order chi connectivity index (χ0) is 12.4. The summed E-state index contributed by atoms with van der Waals surface area (Å²) in [6, 6.07) is 0.648. The predicted molar refractivity (Wildman–Crippen MR) is 70.9 cm³/mol. The normalized spacial score (nSPS) is 25.9. The highest BCUT2D eigenvalue weighted by Gasteiger charge is 2.42. The van der Waals surface area contributed by atoms with Crippen LogP contribution in [0.4, 0.5) is 0 Å². The molecule has 0 spiro atoms. The number of piperidine rings is 1. The molecule has 1 heterocycles.